The molecule has 0 aliphatic rings. The van der Waals surface area contributed by atoms with Crippen LogP contribution in [0.4, 0.5) is 5.88 Å². The van der Waals surface area contributed by atoms with E-state index in [2.05, 4.69) is 20.6 Å². The van der Waals surface area contributed by atoms with Gasteiger partial charge in [-0.3, -0.25) is 0 Å². The lowest BCUT2D eigenvalue weighted by atomic mass is 10.0. The summed E-state index contributed by atoms with van der Waals surface area (Å²) in [7, 11) is 1.63. The second-order valence-electron chi connectivity index (χ2n) is 4.31. The number of rotatable bonds is 3. The molecule has 20 heavy (non-hydrogen) atoms. The topological polar surface area (TPSA) is 103 Å². The second-order valence-corrected chi connectivity index (χ2v) is 4.31. The number of H-pyrrole nitrogens is 1. The van der Waals surface area contributed by atoms with E-state index in [0.29, 0.717) is 17.0 Å². The Bertz CT molecular complexity index is 733. The summed E-state index contributed by atoms with van der Waals surface area (Å²) >= 11 is 0. The first-order valence-corrected chi connectivity index (χ1v) is 5.97. The predicted molar refractivity (Wildman–Crippen MR) is 73.0 cm³/mol. The molecule has 0 aliphatic heterocycles. The Morgan fingerprint density at radius 3 is 2.90 bits per heavy atom. The number of benzene rings is 1. The highest BCUT2D eigenvalue weighted by molar-refractivity contribution is 5.86. The number of aryl methyl sites for hydroxylation is 1. The molecule has 0 spiro atoms. The van der Waals surface area contributed by atoms with Gasteiger partial charge >= 0.3 is 0 Å². The minimum absolute atomic E-state index is 0.230. The van der Waals surface area contributed by atoms with Crippen LogP contribution in [0, 0.1) is 6.92 Å². The lowest BCUT2D eigenvalue weighted by molar-refractivity contribution is 0.412. The van der Waals surface area contributed by atoms with Crippen LogP contribution in [-0.2, 0) is 0 Å². The summed E-state index contributed by atoms with van der Waals surface area (Å²) in [4.78, 5) is 0. The molecular weight excluding hydrogens is 258 g/mol. The van der Waals surface area contributed by atoms with Crippen molar-refractivity contribution >= 4 is 5.88 Å². The third-order valence-electron chi connectivity index (χ3n) is 3.07. The van der Waals surface area contributed by atoms with Crippen LogP contribution >= 0.6 is 0 Å². The minimum Gasteiger partial charge on any atom is -0.496 e. The molecular formula is C13H13N5O2. The highest BCUT2D eigenvalue weighted by Gasteiger charge is 2.20. The van der Waals surface area contributed by atoms with Crippen LogP contribution in [0.1, 0.15) is 5.56 Å². The number of aromatic amines is 1. The zero-order chi connectivity index (χ0) is 14.1. The lowest BCUT2D eigenvalue weighted by Crippen LogP contribution is -1.91. The number of anilines is 1. The van der Waals surface area contributed by atoms with Gasteiger partial charge in [-0.05, 0) is 24.1 Å². The highest BCUT2D eigenvalue weighted by Crippen LogP contribution is 2.37. The van der Waals surface area contributed by atoms with Crippen LogP contribution in [0.5, 0.6) is 5.75 Å². The molecule has 0 amide bonds. The molecule has 0 unspecified atom stereocenters. The van der Waals surface area contributed by atoms with E-state index < -0.39 is 0 Å². The van der Waals surface area contributed by atoms with E-state index in [1.807, 2.05) is 25.1 Å². The summed E-state index contributed by atoms with van der Waals surface area (Å²) < 4.78 is 10.4. The fourth-order valence-corrected chi connectivity index (χ4v) is 2.05. The number of nitrogens with zero attached hydrogens (tertiary/aromatic N) is 3. The highest BCUT2D eigenvalue weighted by atomic mass is 16.5. The molecule has 0 aliphatic carbocycles. The molecule has 0 atom stereocenters. The SMILES string of the molecule is COc1cc(-c2c(-c3cn[nH]n3)noc2N)ccc1C. The van der Waals surface area contributed by atoms with E-state index in [4.69, 9.17) is 15.0 Å². The molecule has 3 N–H and O–H groups in total. The summed E-state index contributed by atoms with van der Waals surface area (Å²) in [6, 6.07) is 5.78. The van der Waals surface area contributed by atoms with Gasteiger partial charge in [0.05, 0.1) is 18.9 Å². The minimum atomic E-state index is 0.230. The molecule has 2 heterocycles. The Morgan fingerprint density at radius 2 is 2.20 bits per heavy atom. The van der Waals surface area contributed by atoms with Crippen LogP contribution in [0.3, 0.4) is 0 Å². The van der Waals surface area contributed by atoms with Crippen molar-refractivity contribution in [3.05, 3.63) is 30.0 Å². The van der Waals surface area contributed by atoms with Gasteiger partial charge in [0, 0.05) is 0 Å². The van der Waals surface area contributed by atoms with Crippen molar-refractivity contribution < 1.29 is 9.26 Å². The molecule has 0 fully saturated rings. The average Bonchev–Trinajstić information content (AvgIpc) is 3.08. The van der Waals surface area contributed by atoms with E-state index in [-0.39, 0.29) is 5.88 Å². The third-order valence-corrected chi connectivity index (χ3v) is 3.07. The Morgan fingerprint density at radius 1 is 1.35 bits per heavy atom. The third kappa shape index (κ3) is 1.89. The van der Waals surface area contributed by atoms with Crippen molar-refractivity contribution in [2.75, 3.05) is 12.8 Å². The quantitative estimate of drug-likeness (QED) is 0.755. The van der Waals surface area contributed by atoms with Crippen LogP contribution in [0.25, 0.3) is 22.5 Å². The normalized spacial score (nSPS) is 10.7. The van der Waals surface area contributed by atoms with E-state index >= 15 is 0 Å². The first-order chi connectivity index (χ1) is 9.70. The summed E-state index contributed by atoms with van der Waals surface area (Å²) in [5.74, 6) is 1.00. The fraction of sp³-hybridized carbons (Fsp3) is 0.154. The number of nitrogens with one attached hydrogen (secondary N) is 1. The summed E-state index contributed by atoms with van der Waals surface area (Å²) in [5, 5.41) is 14.3. The maximum Gasteiger partial charge on any atom is 0.230 e. The molecule has 0 radical (unpaired) electrons. The van der Waals surface area contributed by atoms with Crippen LogP contribution < -0.4 is 10.5 Å². The van der Waals surface area contributed by atoms with Crippen molar-refractivity contribution in [3.8, 4) is 28.3 Å². The smallest absolute Gasteiger partial charge is 0.230 e. The molecule has 0 bridgehead atoms. The molecule has 7 nitrogen and oxygen atoms in total. The summed E-state index contributed by atoms with van der Waals surface area (Å²) in [5.41, 5.74) is 9.56. The van der Waals surface area contributed by atoms with Gasteiger partial charge in [-0.15, -0.1) is 0 Å². The predicted octanol–water partition coefficient (Wildman–Crippen LogP) is 2.03. The van der Waals surface area contributed by atoms with Gasteiger partial charge in [-0.25, -0.2) is 0 Å². The van der Waals surface area contributed by atoms with Crippen molar-refractivity contribution in [1.82, 2.24) is 20.6 Å². The van der Waals surface area contributed by atoms with Gasteiger partial charge < -0.3 is 15.0 Å². The van der Waals surface area contributed by atoms with E-state index in [9.17, 15) is 0 Å². The monoisotopic (exact) mass is 271 g/mol. The first kappa shape index (κ1) is 12.2. The number of aromatic nitrogens is 4. The maximum atomic E-state index is 5.88. The fourth-order valence-electron chi connectivity index (χ4n) is 2.05. The molecule has 0 saturated carbocycles. The van der Waals surface area contributed by atoms with Crippen molar-refractivity contribution in [2.45, 2.75) is 6.92 Å². The largest absolute Gasteiger partial charge is 0.496 e. The standard InChI is InChI=1S/C13H13N5O2/c1-7-3-4-8(5-10(7)19-2)11-12(17-20-13(11)14)9-6-15-18-16-9/h3-6H,14H2,1-2H3,(H,15,16,18). The Labute approximate surface area is 114 Å². The molecule has 1 aromatic carbocycles. The van der Waals surface area contributed by atoms with Crippen LogP contribution in [0.15, 0.2) is 28.9 Å². The average molecular weight is 271 g/mol. The number of ether oxygens (including phenoxy) is 1. The zero-order valence-corrected chi connectivity index (χ0v) is 11.0. The van der Waals surface area contributed by atoms with Gasteiger partial charge in [0.1, 0.15) is 17.1 Å². The van der Waals surface area contributed by atoms with Gasteiger partial charge in [-0.2, -0.15) is 15.4 Å². The Kier molecular flexibility index (Phi) is 2.86. The van der Waals surface area contributed by atoms with E-state index in [1.165, 1.54) is 0 Å². The number of hydrogen-bond acceptors (Lipinski definition) is 6. The summed E-state index contributed by atoms with van der Waals surface area (Å²) in [6.45, 7) is 1.97. The molecule has 3 aromatic rings. The first-order valence-electron chi connectivity index (χ1n) is 5.97. The molecule has 7 heteroatoms. The number of methoxy groups -OCH3 is 1. The van der Waals surface area contributed by atoms with Crippen molar-refractivity contribution in [2.24, 2.45) is 0 Å². The molecule has 0 saturated heterocycles. The lowest BCUT2D eigenvalue weighted by Gasteiger charge is -2.07. The van der Waals surface area contributed by atoms with Crippen LogP contribution in [-0.4, -0.2) is 27.7 Å². The maximum absolute atomic E-state index is 5.88. The molecule has 102 valence electrons. The van der Waals surface area contributed by atoms with Crippen molar-refractivity contribution in [1.29, 1.82) is 0 Å². The van der Waals surface area contributed by atoms with Gasteiger partial charge in [0.15, 0.2) is 0 Å². The van der Waals surface area contributed by atoms with E-state index in [1.54, 1.807) is 13.3 Å². The number of nitrogens with two attached hydrogens (primary N) is 1. The van der Waals surface area contributed by atoms with Crippen molar-refractivity contribution in [3.63, 3.8) is 0 Å². The Hall–Kier alpha value is -2.83. The summed E-state index contributed by atoms with van der Waals surface area (Å²) in [6.07, 6.45) is 1.56. The van der Waals surface area contributed by atoms with Gasteiger partial charge in [0.2, 0.25) is 5.88 Å². The van der Waals surface area contributed by atoms with Gasteiger partial charge in [-0.1, -0.05) is 17.3 Å². The van der Waals surface area contributed by atoms with E-state index in [0.717, 1.165) is 16.9 Å². The number of nitrogen functional groups attached to an aromatic ring is 1. The zero-order valence-electron chi connectivity index (χ0n) is 11.0. The molecule has 3 rings (SSSR count). The Balaban J connectivity index is 2.17. The van der Waals surface area contributed by atoms with Crippen LogP contribution in [0.2, 0.25) is 0 Å². The second kappa shape index (κ2) is 4.69. The molecule has 2 aromatic heterocycles. The van der Waals surface area contributed by atoms with Gasteiger partial charge in [0.25, 0.3) is 0 Å². The number of hydrogen-bond donors (Lipinski definition) is 2.